The Morgan fingerprint density at radius 2 is 1.50 bits per heavy atom. The molecule has 1 unspecified atom stereocenters. The SMILES string of the molecule is CCCCC(C)(F)C(O)(O)C(F)(F)F. The van der Waals surface area contributed by atoms with E-state index in [4.69, 9.17) is 10.2 Å². The first-order valence-electron chi connectivity index (χ1n) is 4.26. The Hall–Kier alpha value is -0.360. The summed E-state index contributed by atoms with van der Waals surface area (Å²) in [4.78, 5) is 0. The van der Waals surface area contributed by atoms with Crippen molar-refractivity contribution >= 4 is 0 Å². The number of rotatable bonds is 4. The molecule has 0 spiro atoms. The summed E-state index contributed by atoms with van der Waals surface area (Å²) in [6, 6.07) is 0. The molecule has 2 N–H and O–H groups in total. The van der Waals surface area contributed by atoms with Crippen LogP contribution in [0.3, 0.4) is 0 Å². The van der Waals surface area contributed by atoms with Crippen LogP contribution in [0.15, 0.2) is 0 Å². The molecule has 0 aliphatic rings. The van der Waals surface area contributed by atoms with Crippen LogP contribution < -0.4 is 0 Å². The average Bonchev–Trinajstić information content (AvgIpc) is 1.98. The van der Waals surface area contributed by atoms with Gasteiger partial charge in [-0.25, -0.2) is 4.39 Å². The van der Waals surface area contributed by atoms with Gasteiger partial charge in [0, 0.05) is 0 Å². The minimum absolute atomic E-state index is 0.159. The Balaban J connectivity index is 4.69. The predicted molar refractivity (Wildman–Crippen MR) is 42.3 cm³/mol. The zero-order valence-electron chi connectivity index (χ0n) is 8.03. The van der Waals surface area contributed by atoms with E-state index in [2.05, 4.69) is 0 Å². The lowest BCUT2D eigenvalue weighted by Crippen LogP contribution is -2.59. The molecule has 0 fully saturated rings. The molecule has 0 aromatic rings. The summed E-state index contributed by atoms with van der Waals surface area (Å²) in [7, 11) is 0. The van der Waals surface area contributed by atoms with Gasteiger partial charge in [0.25, 0.3) is 5.79 Å². The molecule has 0 aromatic carbocycles. The van der Waals surface area contributed by atoms with Crippen molar-refractivity contribution in [1.82, 2.24) is 0 Å². The van der Waals surface area contributed by atoms with Gasteiger partial charge in [0.2, 0.25) is 0 Å². The first-order chi connectivity index (χ1) is 6.06. The van der Waals surface area contributed by atoms with Crippen LogP contribution in [0.25, 0.3) is 0 Å². The molecular weight excluding hydrogens is 204 g/mol. The number of hydrogen-bond acceptors (Lipinski definition) is 2. The van der Waals surface area contributed by atoms with Crippen LogP contribution in [-0.2, 0) is 0 Å². The largest absolute Gasteiger partial charge is 0.446 e. The highest BCUT2D eigenvalue weighted by molar-refractivity contribution is 4.93. The highest BCUT2D eigenvalue weighted by atomic mass is 19.4. The van der Waals surface area contributed by atoms with Crippen LogP contribution in [0.1, 0.15) is 33.1 Å². The van der Waals surface area contributed by atoms with Gasteiger partial charge in [0.05, 0.1) is 0 Å². The predicted octanol–water partition coefficient (Wildman–Crippen LogP) is 2.15. The Morgan fingerprint density at radius 1 is 1.07 bits per heavy atom. The fourth-order valence-corrected chi connectivity index (χ4v) is 0.979. The summed E-state index contributed by atoms with van der Waals surface area (Å²) in [6.45, 7) is 2.20. The Morgan fingerprint density at radius 3 is 1.79 bits per heavy atom. The molecule has 0 heterocycles. The highest BCUT2D eigenvalue weighted by Gasteiger charge is 2.64. The number of aliphatic hydroxyl groups is 2. The van der Waals surface area contributed by atoms with Crippen LogP contribution in [0.2, 0.25) is 0 Å². The van der Waals surface area contributed by atoms with Gasteiger partial charge in [0.15, 0.2) is 5.67 Å². The lowest BCUT2D eigenvalue weighted by Gasteiger charge is -2.35. The van der Waals surface area contributed by atoms with Crippen molar-refractivity contribution in [1.29, 1.82) is 0 Å². The molecule has 0 radical (unpaired) electrons. The third-order valence-corrected chi connectivity index (χ3v) is 2.12. The molecular formula is C8H14F4O2. The number of alkyl halides is 4. The van der Waals surface area contributed by atoms with Gasteiger partial charge < -0.3 is 10.2 Å². The molecule has 2 nitrogen and oxygen atoms in total. The molecule has 0 saturated heterocycles. The lowest BCUT2D eigenvalue weighted by atomic mass is 9.91. The fourth-order valence-electron chi connectivity index (χ4n) is 0.979. The molecule has 0 aliphatic carbocycles. The summed E-state index contributed by atoms with van der Waals surface area (Å²) in [5.41, 5.74) is -3.08. The van der Waals surface area contributed by atoms with Crippen molar-refractivity contribution in [2.24, 2.45) is 0 Å². The standard InChI is InChI=1S/C8H14F4O2/c1-3-4-5-6(2,9)7(13,14)8(10,11)12/h13-14H,3-5H2,1-2H3. The molecule has 0 saturated carbocycles. The van der Waals surface area contributed by atoms with E-state index < -0.39 is 24.1 Å². The van der Waals surface area contributed by atoms with Gasteiger partial charge in [0.1, 0.15) is 0 Å². The van der Waals surface area contributed by atoms with Gasteiger partial charge in [-0.05, 0) is 13.3 Å². The summed E-state index contributed by atoms with van der Waals surface area (Å²) >= 11 is 0. The molecule has 14 heavy (non-hydrogen) atoms. The molecule has 0 aliphatic heterocycles. The first kappa shape index (κ1) is 13.6. The zero-order valence-corrected chi connectivity index (χ0v) is 8.03. The highest BCUT2D eigenvalue weighted by Crippen LogP contribution is 2.41. The molecule has 86 valence electrons. The van der Waals surface area contributed by atoms with Crippen molar-refractivity contribution in [2.45, 2.75) is 50.7 Å². The van der Waals surface area contributed by atoms with E-state index in [-0.39, 0.29) is 6.42 Å². The van der Waals surface area contributed by atoms with Crippen molar-refractivity contribution in [3.63, 3.8) is 0 Å². The van der Waals surface area contributed by atoms with E-state index in [0.29, 0.717) is 13.3 Å². The van der Waals surface area contributed by atoms with Gasteiger partial charge in [-0.1, -0.05) is 19.8 Å². The number of halogens is 4. The molecule has 0 bridgehead atoms. The monoisotopic (exact) mass is 218 g/mol. The van der Waals surface area contributed by atoms with Gasteiger partial charge >= 0.3 is 6.18 Å². The smallest absolute Gasteiger partial charge is 0.356 e. The van der Waals surface area contributed by atoms with Crippen LogP contribution in [0, 0.1) is 0 Å². The average molecular weight is 218 g/mol. The van der Waals surface area contributed by atoms with E-state index in [1.54, 1.807) is 6.92 Å². The number of hydrogen-bond donors (Lipinski definition) is 2. The third kappa shape index (κ3) is 2.57. The van der Waals surface area contributed by atoms with Crippen LogP contribution >= 0.6 is 0 Å². The third-order valence-electron chi connectivity index (χ3n) is 2.12. The molecule has 0 rings (SSSR count). The normalized spacial score (nSPS) is 18.0. The van der Waals surface area contributed by atoms with Gasteiger partial charge in [-0.15, -0.1) is 0 Å². The van der Waals surface area contributed by atoms with E-state index >= 15 is 0 Å². The minimum Gasteiger partial charge on any atom is -0.356 e. The Kier molecular flexibility index (Phi) is 3.92. The maximum Gasteiger partial charge on any atom is 0.446 e. The van der Waals surface area contributed by atoms with Gasteiger partial charge in [-0.3, -0.25) is 0 Å². The van der Waals surface area contributed by atoms with E-state index in [1.165, 1.54) is 0 Å². The fraction of sp³-hybridized carbons (Fsp3) is 1.00. The molecule has 0 aromatic heterocycles. The van der Waals surface area contributed by atoms with Crippen LogP contribution in [0.5, 0.6) is 0 Å². The molecule has 0 amide bonds. The van der Waals surface area contributed by atoms with Crippen molar-refractivity contribution < 1.29 is 27.8 Å². The summed E-state index contributed by atoms with van der Waals surface area (Å²) in [6.07, 6.45) is -5.29. The van der Waals surface area contributed by atoms with Crippen LogP contribution in [0.4, 0.5) is 17.6 Å². The Labute approximate surface area is 79.5 Å². The number of unbranched alkanes of at least 4 members (excludes halogenated alkanes) is 1. The summed E-state index contributed by atoms with van der Waals surface area (Å²) in [5, 5.41) is 17.3. The second-order valence-electron chi connectivity index (χ2n) is 3.47. The van der Waals surface area contributed by atoms with E-state index in [9.17, 15) is 17.6 Å². The van der Waals surface area contributed by atoms with Crippen molar-refractivity contribution in [3.8, 4) is 0 Å². The van der Waals surface area contributed by atoms with Crippen molar-refractivity contribution in [2.75, 3.05) is 0 Å². The van der Waals surface area contributed by atoms with Crippen molar-refractivity contribution in [3.05, 3.63) is 0 Å². The lowest BCUT2D eigenvalue weighted by molar-refractivity contribution is -0.390. The Bertz CT molecular complexity index is 186. The first-order valence-corrected chi connectivity index (χ1v) is 4.26. The zero-order chi connectivity index (χ0) is 11.6. The van der Waals surface area contributed by atoms with E-state index in [1.807, 2.05) is 0 Å². The molecule has 1 atom stereocenters. The maximum atomic E-state index is 13.3. The van der Waals surface area contributed by atoms with E-state index in [0.717, 1.165) is 0 Å². The second kappa shape index (κ2) is 4.02. The maximum absolute atomic E-state index is 13.3. The molecule has 6 heteroatoms. The second-order valence-corrected chi connectivity index (χ2v) is 3.47. The quantitative estimate of drug-likeness (QED) is 0.560. The minimum atomic E-state index is -5.38. The summed E-state index contributed by atoms with van der Waals surface area (Å²) < 4.78 is 49.4. The van der Waals surface area contributed by atoms with Gasteiger partial charge in [-0.2, -0.15) is 13.2 Å². The van der Waals surface area contributed by atoms with Crippen LogP contribution in [-0.4, -0.2) is 27.8 Å². The summed E-state index contributed by atoms with van der Waals surface area (Å²) in [5.74, 6) is -4.28. The topological polar surface area (TPSA) is 40.5 Å².